The molecular formula is C12H16N4O3. The van der Waals surface area contributed by atoms with Gasteiger partial charge in [-0.3, -0.25) is 9.59 Å². The third-order valence-electron chi connectivity index (χ3n) is 4.30. The fourth-order valence-corrected chi connectivity index (χ4v) is 3.34. The number of amides is 1. The van der Waals surface area contributed by atoms with E-state index < -0.39 is 17.9 Å². The molecule has 1 N–H and O–H groups in total. The van der Waals surface area contributed by atoms with Crippen molar-refractivity contribution in [1.29, 1.82) is 0 Å². The van der Waals surface area contributed by atoms with Crippen molar-refractivity contribution >= 4 is 11.9 Å². The second-order valence-corrected chi connectivity index (χ2v) is 5.28. The van der Waals surface area contributed by atoms with E-state index >= 15 is 0 Å². The summed E-state index contributed by atoms with van der Waals surface area (Å²) in [6, 6.07) is -0.510. The van der Waals surface area contributed by atoms with Crippen molar-refractivity contribution in [3.05, 3.63) is 12.7 Å². The number of hydrogen-bond acceptors (Lipinski definition) is 4. The molecule has 4 atom stereocenters. The summed E-state index contributed by atoms with van der Waals surface area (Å²) in [5.41, 5.74) is 0. The molecule has 19 heavy (non-hydrogen) atoms. The molecule has 1 aromatic heterocycles. The summed E-state index contributed by atoms with van der Waals surface area (Å²) >= 11 is 0. The Bertz CT molecular complexity index is 501. The average molecular weight is 264 g/mol. The zero-order chi connectivity index (χ0) is 13.6. The third kappa shape index (κ3) is 1.80. The molecule has 2 aliphatic heterocycles. The lowest BCUT2D eigenvalue weighted by atomic mass is 9.89. The average Bonchev–Trinajstić information content (AvgIpc) is 3.11. The van der Waals surface area contributed by atoms with Crippen LogP contribution < -0.4 is 0 Å². The van der Waals surface area contributed by atoms with E-state index in [9.17, 15) is 14.7 Å². The summed E-state index contributed by atoms with van der Waals surface area (Å²) in [4.78, 5) is 29.3. The number of nitrogens with zero attached hydrogens (tertiary/aromatic N) is 4. The highest BCUT2D eigenvalue weighted by Crippen LogP contribution is 2.42. The van der Waals surface area contributed by atoms with E-state index in [4.69, 9.17) is 0 Å². The van der Waals surface area contributed by atoms with Crippen LogP contribution in [0.1, 0.15) is 32.2 Å². The van der Waals surface area contributed by atoms with Crippen LogP contribution in [0.25, 0.3) is 0 Å². The van der Waals surface area contributed by atoms with Crippen molar-refractivity contribution < 1.29 is 14.7 Å². The number of carboxylic acids is 1. The van der Waals surface area contributed by atoms with Crippen molar-refractivity contribution in [2.75, 3.05) is 0 Å². The van der Waals surface area contributed by atoms with Crippen LogP contribution in [0.5, 0.6) is 0 Å². The lowest BCUT2D eigenvalue weighted by Gasteiger charge is -2.26. The fourth-order valence-electron chi connectivity index (χ4n) is 3.34. The maximum Gasteiger partial charge on any atom is 0.308 e. The number of carbonyl (C=O) groups excluding carboxylic acids is 1. The second-order valence-electron chi connectivity index (χ2n) is 5.28. The predicted molar refractivity (Wildman–Crippen MR) is 64.1 cm³/mol. The first kappa shape index (κ1) is 12.1. The number of hydrogen-bond donors (Lipinski definition) is 1. The highest BCUT2D eigenvalue weighted by atomic mass is 16.4. The van der Waals surface area contributed by atoms with Gasteiger partial charge in [-0.1, -0.05) is 0 Å². The third-order valence-corrected chi connectivity index (χ3v) is 4.30. The van der Waals surface area contributed by atoms with Gasteiger partial charge in [0.1, 0.15) is 18.7 Å². The van der Waals surface area contributed by atoms with Crippen molar-refractivity contribution in [2.24, 2.45) is 5.92 Å². The number of fused-ring (bicyclic) bond motifs is 2. The van der Waals surface area contributed by atoms with E-state index in [1.165, 1.54) is 17.3 Å². The van der Waals surface area contributed by atoms with Gasteiger partial charge in [-0.2, -0.15) is 5.10 Å². The van der Waals surface area contributed by atoms with Crippen LogP contribution >= 0.6 is 0 Å². The van der Waals surface area contributed by atoms with Crippen LogP contribution in [-0.4, -0.2) is 48.7 Å². The van der Waals surface area contributed by atoms with Gasteiger partial charge in [-0.05, 0) is 26.2 Å². The lowest BCUT2D eigenvalue weighted by molar-refractivity contribution is -0.143. The Morgan fingerprint density at radius 2 is 2.21 bits per heavy atom. The van der Waals surface area contributed by atoms with Crippen LogP contribution in [0.2, 0.25) is 0 Å². The van der Waals surface area contributed by atoms with Crippen molar-refractivity contribution in [3.8, 4) is 0 Å². The molecule has 102 valence electrons. The molecule has 0 saturated carbocycles. The highest BCUT2D eigenvalue weighted by Gasteiger charge is 2.52. The molecular weight excluding hydrogens is 248 g/mol. The van der Waals surface area contributed by atoms with Gasteiger partial charge in [0.2, 0.25) is 5.91 Å². The van der Waals surface area contributed by atoms with E-state index in [1.807, 2.05) is 0 Å². The minimum absolute atomic E-state index is 0.0539. The summed E-state index contributed by atoms with van der Waals surface area (Å²) < 4.78 is 1.51. The van der Waals surface area contributed by atoms with E-state index in [0.717, 1.165) is 12.8 Å². The molecule has 7 heteroatoms. The molecule has 3 heterocycles. The molecule has 4 unspecified atom stereocenters. The normalized spacial score (nSPS) is 30.6. The van der Waals surface area contributed by atoms with Crippen molar-refractivity contribution in [1.82, 2.24) is 19.7 Å². The van der Waals surface area contributed by atoms with E-state index in [2.05, 4.69) is 10.1 Å². The molecule has 1 aromatic rings. The Balaban J connectivity index is 1.80. The minimum Gasteiger partial charge on any atom is -0.481 e. The minimum atomic E-state index is -0.793. The molecule has 2 aliphatic rings. The fraction of sp³-hybridized carbons (Fsp3) is 0.667. The van der Waals surface area contributed by atoms with Gasteiger partial charge in [0, 0.05) is 12.1 Å². The van der Waals surface area contributed by atoms with Gasteiger partial charge in [0.25, 0.3) is 0 Å². The molecule has 0 spiro atoms. The van der Waals surface area contributed by atoms with E-state index in [-0.39, 0.29) is 18.0 Å². The lowest BCUT2D eigenvalue weighted by Crippen LogP contribution is -2.41. The second kappa shape index (κ2) is 4.32. The SMILES string of the molecule is CC(C(=O)N1C2CCC1C(C(=O)O)C2)n1cncn1. The first-order valence-corrected chi connectivity index (χ1v) is 6.48. The largest absolute Gasteiger partial charge is 0.481 e. The maximum atomic E-state index is 12.5. The van der Waals surface area contributed by atoms with Crippen LogP contribution in [0, 0.1) is 5.92 Å². The van der Waals surface area contributed by atoms with Gasteiger partial charge in [0.15, 0.2) is 0 Å². The molecule has 2 bridgehead atoms. The summed E-state index contributed by atoms with van der Waals surface area (Å²) in [6.45, 7) is 1.77. The zero-order valence-corrected chi connectivity index (χ0v) is 10.6. The first-order valence-electron chi connectivity index (χ1n) is 6.48. The molecule has 0 aliphatic carbocycles. The van der Waals surface area contributed by atoms with Crippen molar-refractivity contribution in [2.45, 2.75) is 44.3 Å². The number of aliphatic carboxylic acids is 1. The van der Waals surface area contributed by atoms with Crippen molar-refractivity contribution in [3.63, 3.8) is 0 Å². The summed E-state index contributed by atoms with van der Waals surface area (Å²) in [5, 5.41) is 13.2. The molecule has 1 amide bonds. The van der Waals surface area contributed by atoms with Gasteiger partial charge in [-0.25, -0.2) is 9.67 Å². The monoisotopic (exact) mass is 264 g/mol. The molecule has 7 nitrogen and oxygen atoms in total. The summed E-state index contributed by atoms with van der Waals surface area (Å²) in [7, 11) is 0. The summed E-state index contributed by atoms with van der Waals surface area (Å²) in [6.07, 6.45) is 5.18. The molecule has 2 saturated heterocycles. The van der Waals surface area contributed by atoms with Crippen LogP contribution in [0.15, 0.2) is 12.7 Å². The molecule has 2 fully saturated rings. The maximum absolute atomic E-state index is 12.5. The molecule has 0 aromatic carbocycles. The smallest absolute Gasteiger partial charge is 0.308 e. The van der Waals surface area contributed by atoms with E-state index in [0.29, 0.717) is 6.42 Å². The van der Waals surface area contributed by atoms with Gasteiger partial charge in [0.05, 0.1) is 5.92 Å². The highest BCUT2D eigenvalue weighted by molar-refractivity contribution is 5.83. The standard InChI is InChI=1S/C12H16N4O3/c1-7(15-6-13-5-14-15)11(17)16-8-2-3-10(16)9(4-8)12(18)19/h5-10H,2-4H2,1H3,(H,18,19). The van der Waals surface area contributed by atoms with Crippen LogP contribution in [0.3, 0.4) is 0 Å². The predicted octanol–water partition coefficient (Wildman–Crippen LogP) is 0.303. The number of carboxylic acid groups (broad SMARTS) is 1. The Kier molecular flexibility index (Phi) is 2.76. The topological polar surface area (TPSA) is 88.3 Å². The van der Waals surface area contributed by atoms with Crippen LogP contribution in [0.4, 0.5) is 0 Å². The first-order chi connectivity index (χ1) is 9.09. The Morgan fingerprint density at radius 3 is 2.79 bits per heavy atom. The van der Waals surface area contributed by atoms with Crippen LogP contribution in [-0.2, 0) is 9.59 Å². The number of rotatable bonds is 3. The number of aromatic nitrogens is 3. The van der Waals surface area contributed by atoms with Gasteiger partial charge < -0.3 is 10.0 Å². The molecule has 3 rings (SSSR count). The van der Waals surface area contributed by atoms with Gasteiger partial charge >= 0.3 is 5.97 Å². The molecule has 0 radical (unpaired) electrons. The Morgan fingerprint density at radius 1 is 1.42 bits per heavy atom. The number of carbonyl (C=O) groups is 2. The quantitative estimate of drug-likeness (QED) is 0.848. The van der Waals surface area contributed by atoms with Gasteiger partial charge in [-0.15, -0.1) is 0 Å². The van der Waals surface area contributed by atoms with E-state index in [1.54, 1.807) is 11.8 Å². The summed E-state index contributed by atoms with van der Waals surface area (Å²) in [5.74, 6) is -1.26. The Labute approximate surface area is 110 Å². The Hall–Kier alpha value is -1.92. The zero-order valence-electron chi connectivity index (χ0n) is 10.6.